The van der Waals surface area contributed by atoms with E-state index >= 15 is 0 Å². The minimum atomic E-state index is 0.0214. The van der Waals surface area contributed by atoms with Gasteiger partial charge in [0.2, 0.25) is 5.91 Å². The van der Waals surface area contributed by atoms with Gasteiger partial charge in [0.15, 0.2) is 0 Å². The first-order valence-electron chi connectivity index (χ1n) is 4.73. The Bertz CT molecular complexity index is 306. The minimum Gasteiger partial charge on any atom is -0.289 e. The van der Waals surface area contributed by atoms with E-state index in [0.717, 1.165) is 5.69 Å². The van der Waals surface area contributed by atoms with Crippen molar-refractivity contribution < 1.29 is 4.79 Å². The number of nitrogens with one attached hydrogen (secondary N) is 1. The molecule has 1 aromatic carbocycles. The molecule has 3 nitrogen and oxygen atoms in total. The normalized spacial score (nSPS) is 9.64. The van der Waals surface area contributed by atoms with Gasteiger partial charge in [0, 0.05) is 13.5 Å². The molecular formula is C11H16N2O. The Balaban J connectivity index is 2.65. The molecule has 1 amide bonds. The van der Waals surface area contributed by atoms with Gasteiger partial charge in [-0.1, -0.05) is 24.6 Å². The van der Waals surface area contributed by atoms with Crippen molar-refractivity contribution in [1.29, 1.82) is 0 Å². The summed E-state index contributed by atoms with van der Waals surface area (Å²) in [4.78, 5) is 11.1. The molecule has 0 aliphatic carbocycles. The smallest absolute Gasteiger partial charge is 0.238 e. The number of benzene rings is 1. The standard InChI is InChI=1S/C11H16N2O/c1-4-11(14)12-13(3)10-7-5-9(2)6-8-10/h5-8H,4H2,1-3H3,(H,12,14). The molecule has 3 heteroatoms. The van der Waals surface area contributed by atoms with Gasteiger partial charge in [-0.2, -0.15) is 0 Å². The Labute approximate surface area is 84.7 Å². The van der Waals surface area contributed by atoms with Crippen molar-refractivity contribution in [2.75, 3.05) is 12.1 Å². The van der Waals surface area contributed by atoms with Crippen LogP contribution in [0.15, 0.2) is 24.3 Å². The van der Waals surface area contributed by atoms with Crippen LogP contribution in [0.5, 0.6) is 0 Å². The minimum absolute atomic E-state index is 0.0214. The van der Waals surface area contributed by atoms with E-state index in [1.165, 1.54) is 5.56 Å². The second kappa shape index (κ2) is 4.65. The topological polar surface area (TPSA) is 32.3 Å². The van der Waals surface area contributed by atoms with Crippen LogP contribution >= 0.6 is 0 Å². The van der Waals surface area contributed by atoms with Crippen LogP contribution in [0.2, 0.25) is 0 Å². The fourth-order valence-corrected chi connectivity index (χ4v) is 1.10. The van der Waals surface area contributed by atoms with E-state index in [0.29, 0.717) is 6.42 Å². The van der Waals surface area contributed by atoms with Gasteiger partial charge in [-0.3, -0.25) is 15.2 Å². The number of aryl methyl sites for hydroxylation is 1. The van der Waals surface area contributed by atoms with Crippen molar-refractivity contribution in [2.24, 2.45) is 0 Å². The summed E-state index contributed by atoms with van der Waals surface area (Å²) in [6.45, 7) is 3.87. The fourth-order valence-electron chi connectivity index (χ4n) is 1.10. The largest absolute Gasteiger partial charge is 0.289 e. The molecule has 0 spiro atoms. The maximum atomic E-state index is 11.1. The highest BCUT2D eigenvalue weighted by atomic mass is 16.2. The van der Waals surface area contributed by atoms with E-state index < -0.39 is 0 Å². The molecule has 0 bridgehead atoms. The molecule has 76 valence electrons. The number of hydrazine groups is 1. The van der Waals surface area contributed by atoms with Crippen LogP contribution in [-0.2, 0) is 4.79 Å². The predicted molar refractivity (Wildman–Crippen MR) is 58.0 cm³/mol. The summed E-state index contributed by atoms with van der Waals surface area (Å²) in [6.07, 6.45) is 0.496. The molecule has 0 atom stereocenters. The van der Waals surface area contributed by atoms with Gasteiger partial charge < -0.3 is 0 Å². The Hall–Kier alpha value is -1.51. The summed E-state index contributed by atoms with van der Waals surface area (Å²) in [5, 5.41) is 1.73. The highest BCUT2D eigenvalue weighted by Gasteiger charge is 2.02. The molecule has 0 aromatic heterocycles. The maximum absolute atomic E-state index is 11.1. The molecule has 1 rings (SSSR count). The Morgan fingerprint density at radius 1 is 1.36 bits per heavy atom. The van der Waals surface area contributed by atoms with Gasteiger partial charge in [0.1, 0.15) is 0 Å². The predicted octanol–water partition coefficient (Wildman–Crippen LogP) is 1.87. The summed E-state index contributed by atoms with van der Waals surface area (Å²) in [6, 6.07) is 7.99. The molecule has 0 radical (unpaired) electrons. The van der Waals surface area contributed by atoms with Crippen LogP contribution in [0.4, 0.5) is 5.69 Å². The van der Waals surface area contributed by atoms with Crippen LogP contribution in [0.3, 0.4) is 0 Å². The first kappa shape index (κ1) is 10.6. The van der Waals surface area contributed by atoms with Crippen LogP contribution in [0.25, 0.3) is 0 Å². The van der Waals surface area contributed by atoms with E-state index in [2.05, 4.69) is 5.43 Å². The highest BCUT2D eigenvalue weighted by molar-refractivity contribution is 5.77. The summed E-state index contributed by atoms with van der Waals surface area (Å²) in [7, 11) is 1.83. The molecule has 1 aromatic rings. The zero-order chi connectivity index (χ0) is 10.6. The van der Waals surface area contributed by atoms with Gasteiger partial charge in [-0.25, -0.2) is 0 Å². The number of anilines is 1. The van der Waals surface area contributed by atoms with Crippen molar-refractivity contribution in [1.82, 2.24) is 5.43 Å². The van der Waals surface area contributed by atoms with E-state index in [4.69, 9.17) is 0 Å². The van der Waals surface area contributed by atoms with Crippen LogP contribution in [-0.4, -0.2) is 13.0 Å². The van der Waals surface area contributed by atoms with Crippen LogP contribution < -0.4 is 10.4 Å². The fraction of sp³-hybridized carbons (Fsp3) is 0.364. The molecule has 0 fully saturated rings. The molecule has 14 heavy (non-hydrogen) atoms. The number of carbonyl (C=O) groups excluding carboxylic acids is 1. The first-order chi connectivity index (χ1) is 6.63. The molecule has 0 unspecified atom stereocenters. The van der Waals surface area contributed by atoms with Crippen molar-refractivity contribution in [3.8, 4) is 0 Å². The lowest BCUT2D eigenvalue weighted by atomic mass is 10.2. The summed E-state index contributed by atoms with van der Waals surface area (Å²) < 4.78 is 0. The molecule has 0 aliphatic heterocycles. The second-order valence-corrected chi connectivity index (χ2v) is 3.28. The lowest BCUT2D eigenvalue weighted by Gasteiger charge is -2.19. The monoisotopic (exact) mass is 192 g/mol. The highest BCUT2D eigenvalue weighted by Crippen LogP contribution is 2.11. The number of carbonyl (C=O) groups is 1. The quantitative estimate of drug-likeness (QED) is 0.741. The van der Waals surface area contributed by atoms with Gasteiger partial charge in [0.25, 0.3) is 0 Å². The Morgan fingerprint density at radius 3 is 2.43 bits per heavy atom. The SMILES string of the molecule is CCC(=O)NN(C)c1ccc(C)cc1. The van der Waals surface area contributed by atoms with E-state index in [1.807, 2.05) is 45.2 Å². The third kappa shape index (κ3) is 2.76. The van der Waals surface area contributed by atoms with Crippen molar-refractivity contribution >= 4 is 11.6 Å². The number of hydrogen-bond acceptors (Lipinski definition) is 2. The molecule has 0 saturated carbocycles. The van der Waals surface area contributed by atoms with Gasteiger partial charge in [-0.05, 0) is 19.1 Å². The summed E-state index contributed by atoms with van der Waals surface area (Å²) >= 11 is 0. The summed E-state index contributed by atoms with van der Waals surface area (Å²) in [5.74, 6) is 0.0214. The van der Waals surface area contributed by atoms with Gasteiger partial charge >= 0.3 is 0 Å². The van der Waals surface area contributed by atoms with E-state index in [-0.39, 0.29) is 5.91 Å². The Kier molecular flexibility index (Phi) is 3.51. The van der Waals surface area contributed by atoms with E-state index in [1.54, 1.807) is 5.01 Å². The van der Waals surface area contributed by atoms with Gasteiger partial charge in [-0.15, -0.1) is 0 Å². The van der Waals surface area contributed by atoms with Crippen LogP contribution in [0, 0.1) is 6.92 Å². The number of hydrogen-bond donors (Lipinski definition) is 1. The maximum Gasteiger partial charge on any atom is 0.238 e. The van der Waals surface area contributed by atoms with Crippen molar-refractivity contribution in [2.45, 2.75) is 20.3 Å². The van der Waals surface area contributed by atoms with Gasteiger partial charge in [0.05, 0.1) is 5.69 Å². The number of amides is 1. The van der Waals surface area contributed by atoms with E-state index in [9.17, 15) is 4.79 Å². The first-order valence-corrected chi connectivity index (χ1v) is 4.73. The zero-order valence-electron chi connectivity index (χ0n) is 8.87. The average Bonchev–Trinajstić information content (AvgIpc) is 2.18. The average molecular weight is 192 g/mol. The Morgan fingerprint density at radius 2 is 1.93 bits per heavy atom. The lowest BCUT2D eigenvalue weighted by Crippen LogP contribution is -2.38. The molecule has 0 heterocycles. The lowest BCUT2D eigenvalue weighted by molar-refractivity contribution is -0.120. The van der Waals surface area contributed by atoms with Crippen molar-refractivity contribution in [3.63, 3.8) is 0 Å². The van der Waals surface area contributed by atoms with Crippen LogP contribution in [0.1, 0.15) is 18.9 Å². The molecule has 0 aliphatic rings. The molecule has 1 N–H and O–H groups in total. The molecular weight excluding hydrogens is 176 g/mol. The third-order valence-corrected chi connectivity index (χ3v) is 2.03. The summed E-state index contributed by atoms with van der Waals surface area (Å²) in [5.41, 5.74) is 4.96. The molecule has 0 saturated heterocycles. The third-order valence-electron chi connectivity index (χ3n) is 2.03. The zero-order valence-corrected chi connectivity index (χ0v) is 8.87. The number of nitrogens with zero attached hydrogens (tertiary/aromatic N) is 1. The number of rotatable bonds is 3. The second-order valence-electron chi connectivity index (χ2n) is 3.28. The van der Waals surface area contributed by atoms with Crippen molar-refractivity contribution in [3.05, 3.63) is 29.8 Å².